The lowest BCUT2D eigenvalue weighted by atomic mass is 9.93. The largest absolute Gasteiger partial charge is 0.306 e. The second kappa shape index (κ2) is 11.3. The highest BCUT2D eigenvalue weighted by atomic mass is 35.5. The molecule has 0 bridgehead atoms. The maximum Gasteiger partial charge on any atom is 0.0406 e. The Morgan fingerprint density at radius 2 is 1.30 bits per heavy atom. The summed E-state index contributed by atoms with van der Waals surface area (Å²) in [5, 5.41) is 0.791. The molecule has 2 aromatic rings. The number of halogens is 1. The van der Waals surface area contributed by atoms with E-state index in [1.54, 1.807) is 0 Å². The first-order valence-corrected chi connectivity index (χ1v) is 8.95. The van der Waals surface area contributed by atoms with Crippen molar-refractivity contribution in [3.63, 3.8) is 0 Å². The first-order chi connectivity index (χ1) is 11.1. The van der Waals surface area contributed by atoms with Gasteiger partial charge in [-0.2, -0.15) is 0 Å². The van der Waals surface area contributed by atoms with Gasteiger partial charge >= 0.3 is 0 Å². The molecule has 0 fully saturated rings. The van der Waals surface area contributed by atoms with Gasteiger partial charge in [0.15, 0.2) is 0 Å². The molecule has 0 radical (unpaired) electrons. The van der Waals surface area contributed by atoms with Crippen LogP contribution < -0.4 is 0 Å². The lowest BCUT2D eigenvalue weighted by Crippen LogP contribution is -2.19. The Morgan fingerprint density at radius 3 is 1.78 bits per heavy atom. The molecular weight excluding hydrogens is 302 g/mol. The molecule has 1 nitrogen and oxygen atoms in total. The predicted molar refractivity (Wildman–Crippen MR) is 103 cm³/mol. The molecule has 0 aliphatic heterocycles. The minimum Gasteiger partial charge on any atom is -0.306 e. The Kier molecular flexibility index (Phi) is 9.66. The quantitative estimate of drug-likeness (QED) is 0.606. The van der Waals surface area contributed by atoms with Gasteiger partial charge in [0.1, 0.15) is 0 Å². The van der Waals surface area contributed by atoms with Gasteiger partial charge < -0.3 is 4.90 Å². The summed E-state index contributed by atoms with van der Waals surface area (Å²) in [5.41, 5.74) is 2.63. The second-order valence-corrected chi connectivity index (χ2v) is 6.42. The van der Waals surface area contributed by atoms with E-state index in [1.165, 1.54) is 37.1 Å². The molecule has 1 unspecified atom stereocenters. The lowest BCUT2D eigenvalue weighted by Gasteiger charge is -2.12. The fourth-order valence-electron chi connectivity index (χ4n) is 2.56. The van der Waals surface area contributed by atoms with E-state index in [0.717, 1.165) is 5.02 Å². The van der Waals surface area contributed by atoms with Crippen LogP contribution in [0.1, 0.15) is 50.7 Å². The molecule has 1 atom stereocenters. The molecule has 0 saturated heterocycles. The minimum atomic E-state index is 0.420. The maximum atomic E-state index is 5.86. The third-order valence-corrected chi connectivity index (χ3v) is 4.13. The summed E-state index contributed by atoms with van der Waals surface area (Å²) in [6.45, 7) is 9.12. The SMILES string of the molecule is CC(c1ccccc1)c1ccc(Cl)cc1.CCCN(C)CCC. The summed E-state index contributed by atoms with van der Waals surface area (Å²) in [4.78, 5) is 2.36. The Hall–Kier alpha value is -1.31. The molecule has 0 heterocycles. The number of hydrogen-bond acceptors (Lipinski definition) is 1. The van der Waals surface area contributed by atoms with Crippen molar-refractivity contribution in [2.75, 3.05) is 20.1 Å². The van der Waals surface area contributed by atoms with Crippen LogP contribution in [0.2, 0.25) is 5.02 Å². The Morgan fingerprint density at radius 1 is 0.826 bits per heavy atom. The maximum absolute atomic E-state index is 5.86. The highest BCUT2D eigenvalue weighted by Crippen LogP contribution is 2.24. The van der Waals surface area contributed by atoms with Crippen LogP contribution in [0.15, 0.2) is 54.6 Å². The summed E-state index contributed by atoms with van der Waals surface area (Å²) in [5.74, 6) is 0.420. The van der Waals surface area contributed by atoms with Gasteiger partial charge in [0, 0.05) is 10.9 Å². The van der Waals surface area contributed by atoms with Crippen LogP contribution in [0, 0.1) is 0 Å². The second-order valence-electron chi connectivity index (χ2n) is 5.99. The molecule has 126 valence electrons. The van der Waals surface area contributed by atoms with Gasteiger partial charge in [0.25, 0.3) is 0 Å². The molecule has 0 aliphatic rings. The van der Waals surface area contributed by atoms with Crippen molar-refractivity contribution < 1.29 is 0 Å². The van der Waals surface area contributed by atoms with Gasteiger partial charge in [0.2, 0.25) is 0 Å². The van der Waals surface area contributed by atoms with Crippen LogP contribution in [0.5, 0.6) is 0 Å². The highest BCUT2D eigenvalue weighted by molar-refractivity contribution is 6.30. The van der Waals surface area contributed by atoms with Crippen molar-refractivity contribution >= 4 is 11.6 Å². The molecule has 0 aliphatic carbocycles. The first-order valence-electron chi connectivity index (χ1n) is 8.57. The summed E-state index contributed by atoms with van der Waals surface area (Å²) < 4.78 is 0. The average Bonchev–Trinajstić information content (AvgIpc) is 2.57. The molecule has 0 aromatic heterocycles. The van der Waals surface area contributed by atoms with Crippen LogP contribution in [0.3, 0.4) is 0 Å². The summed E-state index contributed by atoms with van der Waals surface area (Å²) in [7, 11) is 2.17. The van der Waals surface area contributed by atoms with E-state index in [1.807, 2.05) is 18.2 Å². The van der Waals surface area contributed by atoms with Crippen LogP contribution >= 0.6 is 11.6 Å². The van der Waals surface area contributed by atoms with Crippen molar-refractivity contribution in [1.29, 1.82) is 0 Å². The van der Waals surface area contributed by atoms with Crippen molar-refractivity contribution in [1.82, 2.24) is 4.90 Å². The van der Waals surface area contributed by atoms with Gasteiger partial charge in [-0.25, -0.2) is 0 Å². The number of rotatable bonds is 6. The van der Waals surface area contributed by atoms with Gasteiger partial charge in [0.05, 0.1) is 0 Å². The van der Waals surface area contributed by atoms with E-state index in [2.05, 4.69) is 69.1 Å². The van der Waals surface area contributed by atoms with Crippen molar-refractivity contribution in [2.24, 2.45) is 0 Å². The third-order valence-electron chi connectivity index (χ3n) is 3.88. The number of benzene rings is 2. The summed E-state index contributed by atoms with van der Waals surface area (Å²) in [6, 6.07) is 18.5. The van der Waals surface area contributed by atoms with E-state index in [9.17, 15) is 0 Å². The van der Waals surface area contributed by atoms with Gasteiger partial charge in [-0.15, -0.1) is 0 Å². The number of nitrogens with zero attached hydrogens (tertiary/aromatic N) is 1. The molecule has 0 saturated carbocycles. The van der Waals surface area contributed by atoms with Gasteiger partial charge in [-0.1, -0.05) is 74.8 Å². The fourth-order valence-corrected chi connectivity index (χ4v) is 2.69. The summed E-state index contributed by atoms with van der Waals surface area (Å²) >= 11 is 5.86. The van der Waals surface area contributed by atoms with E-state index < -0.39 is 0 Å². The Labute approximate surface area is 147 Å². The van der Waals surface area contributed by atoms with E-state index >= 15 is 0 Å². The summed E-state index contributed by atoms with van der Waals surface area (Å²) in [6.07, 6.45) is 2.55. The smallest absolute Gasteiger partial charge is 0.0406 e. The molecule has 2 rings (SSSR count). The van der Waals surface area contributed by atoms with E-state index in [-0.39, 0.29) is 0 Å². The predicted octanol–water partition coefficient (Wildman–Crippen LogP) is 6.23. The van der Waals surface area contributed by atoms with Crippen LogP contribution in [0.4, 0.5) is 0 Å². The van der Waals surface area contributed by atoms with Crippen molar-refractivity contribution in [3.8, 4) is 0 Å². The monoisotopic (exact) mass is 331 g/mol. The standard InChI is InChI=1S/C14H13Cl.C7H17N/c1-11(12-5-3-2-4-6-12)13-7-9-14(15)10-8-13;1-4-6-8(3)7-5-2/h2-11H,1H3;4-7H2,1-3H3. The zero-order valence-corrected chi connectivity index (χ0v) is 15.7. The molecule has 23 heavy (non-hydrogen) atoms. The van der Waals surface area contributed by atoms with Crippen LogP contribution in [-0.4, -0.2) is 25.0 Å². The Balaban J connectivity index is 0.000000284. The normalized spacial score (nSPS) is 11.7. The highest BCUT2D eigenvalue weighted by Gasteiger charge is 2.06. The fraction of sp³-hybridized carbons (Fsp3) is 0.429. The molecule has 0 N–H and O–H groups in total. The first kappa shape index (κ1) is 19.7. The molecule has 2 aromatic carbocycles. The van der Waals surface area contributed by atoms with Crippen molar-refractivity contribution in [3.05, 3.63) is 70.7 Å². The third kappa shape index (κ3) is 7.67. The van der Waals surface area contributed by atoms with Crippen LogP contribution in [0.25, 0.3) is 0 Å². The zero-order chi connectivity index (χ0) is 17.1. The van der Waals surface area contributed by atoms with E-state index in [0.29, 0.717) is 5.92 Å². The average molecular weight is 332 g/mol. The molecular formula is C21H30ClN. The van der Waals surface area contributed by atoms with Gasteiger partial charge in [-0.05, 0) is 56.2 Å². The Bertz CT molecular complexity index is 515. The topological polar surface area (TPSA) is 3.24 Å². The lowest BCUT2D eigenvalue weighted by molar-refractivity contribution is 0.335. The number of hydrogen-bond donors (Lipinski definition) is 0. The van der Waals surface area contributed by atoms with Gasteiger partial charge in [-0.3, -0.25) is 0 Å². The minimum absolute atomic E-state index is 0.420. The molecule has 0 spiro atoms. The molecule has 0 amide bonds. The van der Waals surface area contributed by atoms with E-state index in [4.69, 9.17) is 11.6 Å². The van der Waals surface area contributed by atoms with Crippen molar-refractivity contribution in [2.45, 2.75) is 39.5 Å². The molecule has 2 heteroatoms. The van der Waals surface area contributed by atoms with Crippen LogP contribution in [-0.2, 0) is 0 Å². The zero-order valence-electron chi connectivity index (χ0n) is 14.9.